The summed E-state index contributed by atoms with van der Waals surface area (Å²) < 4.78 is 5.08. The van der Waals surface area contributed by atoms with Crippen LogP contribution in [0.5, 0.6) is 0 Å². The van der Waals surface area contributed by atoms with E-state index in [9.17, 15) is 14.9 Å². The van der Waals surface area contributed by atoms with E-state index < -0.39 is 10.9 Å². The van der Waals surface area contributed by atoms with Crippen LogP contribution in [-0.2, 0) is 11.3 Å². The van der Waals surface area contributed by atoms with Crippen LogP contribution in [0.4, 0.5) is 5.69 Å². The number of hydrogen-bond acceptors (Lipinski definition) is 5. The van der Waals surface area contributed by atoms with Gasteiger partial charge in [0.15, 0.2) is 0 Å². The smallest absolute Gasteiger partial charge is 0.340 e. The lowest BCUT2D eigenvalue weighted by atomic mass is 10.1. The van der Waals surface area contributed by atoms with Crippen molar-refractivity contribution >= 4 is 23.3 Å². The quantitative estimate of drug-likeness (QED) is 0.489. The molecule has 0 spiro atoms. The van der Waals surface area contributed by atoms with Gasteiger partial charge in [-0.25, -0.2) is 4.79 Å². The summed E-state index contributed by atoms with van der Waals surface area (Å²) in [6.07, 6.45) is 0. The third kappa shape index (κ3) is 3.40. The Balaban J connectivity index is 2.18. The van der Waals surface area contributed by atoms with Crippen molar-refractivity contribution < 1.29 is 14.5 Å². The molecule has 0 aliphatic carbocycles. The number of halogens is 1. The van der Waals surface area contributed by atoms with Crippen molar-refractivity contribution in [3.05, 3.63) is 74.3 Å². The molecule has 0 aliphatic rings. The molecule has 0 fully saturated rings. The number of nitriles is 1. The van der Waals surface area contributed by atoms with Crippen molar-refractivity contribution in [1.82, 2.24) is 0 Å². The highest BCUT2D eigenvalue weighted by Crippen LogP contribution is 2.23. The van der Waals surface area contributed by atoms with Crippen molar-refractivity contribution in [1.29, 1.82) is 5.26 Å². The fourth-order valence-electron chi connectivity index (χ4n) is 1.76. The van der Waals surface area contributed by atoms with Gasteiger partial charge in [-0.2, -0.15) is 5.26 Å². The number of nitrogens with zero attached hydrogens (tertiary/aromatic N) is 2. The van der Waals surface area contributed by atoms with E-state index >= 15 is 0 Å². The summed E-state index contributed by atoms with van der Waals surface area (Å²) in [6, 6.07) is 12.2. The Kier molecular flexibility index (Phi) is 4.71. The number of nitro benzene ring substituents is 1. The molecule has 2 aromatic rings. The van der Waals surface area contributed by atoms with Gasteiger partial charge in [-0.3, -0.25) is 10.1 Å². The van der Waals surface area contributed by atoms with Crippen LogP contribution in [0.2, 0.25) is 5.02 Å². The molecule has 0 saturated heterocycles. The minimum absolute atomic E-state index is 0.0594. The van der Waals surface area contributed by atoms with E-state index in [4.69, 9.17) is 21.6 Å². The van der Waals surface area contributed by atoms with Crippen LogP contribution in [0.1, 0.15) is 21.5 Å². The predicted molar refractivity (Wildman–Crippen MR) is 78.4 cm³/mol. The molecule has 0 heterocycles. The van der Waals surface area contributed by atoms with E-state index in [0.29, 0.717) is 11.1 Å². The van der Waals surface area contributed by atoms with Gasteiger partial charge in [-0.1, -0.05) is 29.8 Å². The first-order valence-corrected chi connectivity index (χ1v) is 6.50. The number of carbonyl (C=O) groups is 1. The third-order valence-corrected chi connectivity index (χ3v) is 3.21. The van der Waals surface area contributed by atoms with E-state index in [1.807, 2.05) is 6.07 Å². The first-order chi connectivity index (χ1) is 10.5. The van der Waals surface area contributed by atoms with Crippen LogP contribution in [0.25, 0.3) is 0 Å². The van der Waals surface area contributed by atoms with E-state index in [-0.39, 0.29) is 22.9 Å². The molecule has 0 saturated carbocycles. The van der Waals surface area contributed by atoms with Crippen LogP contribution in [0.15, 0.2) is 42.5 Å². The van der Waals surface area contributed by atoms with Gasteiger partial charge >= 0.3 is 5.97 Å². The van der Waals surface area contributed by atoms with Gasteiger partial charge in [-0.15, -0.1) is 0 Å². The fraction of sp³-hybridized carbons (Fsp3) is 0.0667. The monoisotopic (exact) mass is 316 g/mol. The summed E-state index contributed by atoms with van der Waals surface area (Å²) >= 11 is 5.86. The lowest BCUT2D eigenvalue weighted by molar-refractivity contribution is -0.384. The van der Waals surface area contributed by atoms with E-state index in [1.165, 1.54) is 12.1 Å². The van der Waals surface area contributed by atoms with Crippen molar-refractivity contribution in [3.63, 3.8) is 0 Å². The second-order valence-electron chi connectivity index (χ2n) is 4.27. The lowest BCUT2D eigenvalue weighted by Crippen LogP contribution is -2.07. The average Bonchev–Trinajstić information content (AvgIpc) is 2.53. The molecule has 22 heavy (non-hydrogen) atoms. The van der Waals surface area contributed by atoms with Crippen molar-refractivity contribution in [2.24, 2.45) is 0 Å². The van der Waals surface area contributed by atoms with Gasteiger partial charge < -0.3 is 4.74 Å². The van der Waals surface area contributed by atoms with Crippen LogP contribution >= 0.6 is 11.6 Å². The van der Waals surface area contributed by atoms with E-state index in [2.05, 4.69) is 0 Å². The summed E-state index contributed by atoms with van der Waals surface area (Å²) in [5.74, 6) is -0.790. The normalized spacial score (nSPS) is 9.82. The minimum Gasteiger partial charge on any atom is -0.457 e. The second-order valence-corrected chi connectivity index (χ2v) is 4.67. The van der Waals surface area contributed by atoms with Gasteiger partial charge in [0, 0.05) is 17.7 Å². The lowest BCUT2D eigenvalue weighted by Gasteiger charge is -2.07. The maximum atomic E-state index is 12.0. The van der Waals surface area contributed by atoms with Crippen LogP contribution in [-0.4, -0.2) is 10.9 Å². The Morgan fingerprint density at radius 2 is 2.05 bits per heavy atom. The molecular weight excluding hydrogens is 308 g/mol. The first-order valence-electron chi connectivity index (χ1n) is 6.12. The highest BCUT2D eigenvalue weighted by molar-refractivity contribution is 6.33. The molecule has 2 aromatic carbocycles. The van der Waals surface area contributed by atoms with Gasteiger partial charge in [0.1, 0.15) is 6.61 Å². The predicted octanol–water partition coefficient (Wildman–Crippen LogP) is 3.48. The molecule has 0 unspecified atom stereocenters. The van der Waals surface area contributed by atoms with Crippen LogP contribution in [0.3, 0.4) is 0 Å². The topological polar surface area (TPSA) is 93.2 Å². The summed E-state index contributed by atoms with van der Waals surface area (Å²) in [5, 5.41) is 19.7. The highest BCUT2D eigenvalue weighted by atomic mass is 35.5. The maximum absolute atomic E-state index is 12.0. The minimum atomic E-state index is -0.790. The zero-order valence-corrected chi connectivity index (χ0v) is 11.9. The number of nitro groups is 1. The van der Waals surface area contributed by atoms with Crippen molar-refractivity contribution in [3.8, 4) is 6.07 Å². The van der Waals surface area contributed by atoms with Crippen LogP contribution in [0, 0.1) is 21.4 Å². The van der Waals surface area contributed by atoms with Crippen LogP contribution < -0.4 is 0 Å². The molecule has 6 nitrogen and oxygen atoms in total. The maximum Gasteiger partial charge on any atom is 0.340 e. The standard InChI is InChI=1S/C15H9ClN2O4/c16-14-6-5-12(18(20)21)7-13(14)15(19)22-9-11-4-2-1-3-10(11)8-17/h1-7H,9H2. The molecule has 0 N–H and O–H groups in total. The highest BCUT2D eigenvalue weighted by Gasteiger charge is 2.17. The number of carbonyl (C=O) groups excluding carboxylic acids is 1. The number of ether oxygens (including phenoxy) is 1. The van der Waals surface area contributed by atoms with Gasteiger partial charge in [0.05, 0.1) is 27.1 Å². The Morgan fingerprint density at radius 1 is 1.32 bits per heavy atom. The third-order valence-electron chi connectivity index (χ3n) is 2.88. The fourth-order valence-corrected chi connectivity index (χ4v) is 1.95. The molecule has 0 bridgehead atoms. The molecule has 0 atom stereocenters. The van der Waals surface area contributed by atoms with Gasteiger partial charge in [0.2, 0.25) is 0 Å². The Hall–Kier alpha value is -2.91. The molecule has 0 radical (unpaired) electrons. The number of esters is 1. The zero-order chi connectivity index (χ0) is 16.1. The Labute approximate surface area is 130 Å². The van der Waals surface area contributed by atoms with E-state index in [1.54, 1.807) is 24.3 Å². The summed E-state index contributed by atoms with van der Waals surface area (Å²) in [4.78, 5) is 22.1. The number of rotatable bonds is 4. The number of non-ortho nitro benzene ring substituents is 1. The van der Waals surface area contributed by atoms with Gasteiger partial charge in [-0.05, 0) is 12.1 Å². The largest absolute Gasteiger partial charge is 0.457 e. The molecule has 0 amide bonds. The summed E-state index contributed by atoms with van der Waals surface area (Å²) in [7, 11) is 0. The molecular formula is C15H9ClN2O4. The molecule has 2 rings (SSSR count). The molecule has 110 valence electrons. The van der Waals surface area contributed by atoms with Gasteiger partial charge in [0.25, 0.3) is 5.69 Å². The van der Waals surface area contributed by atoms with Crippen molar-refractivity contribution in [2.75, 3.05) is 0 Å². The second kappa shape index (κ2) is 6.70. The molecule has 0 aliphatic heterocycles. The summed E-state index contributed by atoms with van der Waals surface area (Å²) in [6.45, 7) is -0.123. The molecule has 7 heteroatoms. The average molecular weight is 317 g/mol. The van der Waals surface area contributed by atoms with E-state index in [0.717, 1.165) is 6.07 Å². The van der Waals surface area contributed by atoms with Crippen molar-refractivity contribution in [2.45, 2.75) is 6.61 Å². The first kappa shape index (κ1) is 15.5. The summed E-state index contributed by atoms with van der Waals surface area (Å²) in [5.41, 5.74) is 0.583. The number of hydrogen-bond donors (Lipinski definition) is 0. The zero-order valence-electron chi connectivity index (χ0n) is 11.2. The Bertz CT molecular complexity index is 783. The SMILES string of the molecule is N#Cc1ccccc1COC(=O)c1cc([N+](=O)[O-])ccc1Cl. The molecule has 0 aromatic heterocycles. The number of benzene rings is 2. The Morgan fingerprint density at radius 3 is 2.73 bits per heavy atom.